The zero-order valence-corrected chi connectivity index (χ0v) is 13.1. The summed E-state index contributed by atoms with van der Waals surface area (Å²) in [5.41, 5.74) is 1.93. The molecule has 0 amide bonds. The van der Waals surface area contributed by atoms with Gasteiger partial charge in [0.25, 0.3) is 0 Å². The zero-order valence-electron chi connectivity index (χ0n) is 11.6. The van der Waals surface area contributed by atoms with Gasteiger partial charge in [0.1, 0.15) is 0 Å². The number of benzene rings is 1. The molecule has 3 rings (SSSR count). The molecule has 1 aliphatic heterocycles. The molecule has 21 heavy (non-hydrogen) atoms. The van der Waals surface area contributed by atoms with E-state index >= 15 is 0 Å². The lowest BCUT2D eigenvalue weighted by atomic mass is 10.2. The Kier molecular flexibility index (Phi) is 4.68. The molecular formula is C15H17Cl2N3O. The fourth-order valence-electron chi connectivity index (χ4n) is 2.43. The van der Waals surface area contributed by atoms with Crippen LogP contribution in [-0.4, -0.2) is 22.5 Å². The van der Waals surface area contributed by atoms with Gasteiger partial charge in [-0.05, 0) is 24.5 Å². The number of nitrogens with zero attached hydrogens (tertiary/aromatic N) is 2. The molecule has 1 unspecified atom stereocenters. The van der Waals surface area contributed by atoms with Gasteiger partial charge in [-0.15, -0.1) is 0 Å². The summed E-state index contributed by atoms with van der Waals surface area (Å²) < 4.78 is 7.53. The minimum Gasteiger partial charge on any atom is -0.378 e. The number of aromatic nitrogens is 2. The van der Waals surface area contributed by atoms with Crippen LogP contribution in [0.5, 0.6) is 0 Å². The van der Waals surface area contributed by atoms with Crippen molar-refractivity contribution in [3.8, 4) is 0 Å². The maximum atomic E-state index is 6.17. The van der Waals surface area contributed by atoms with E-state index in [1.807, 2.05) is 29.2 Å². The summed E-state index contributed by atoms with van der Waals surface area (Å²) in [5, 5.41) is 8.82. The molecule has 0 radical (unpaired) electrons. The van der Waals surface area contributed by atoms with Crippen LogP contribution in [0.3, 0.4) is 0 Å². The third-order valence-corrected chi connectivity index (χ3v) is 4.42. The normalized spacial score (nSPS) is 18.1. The average Bonchev–Trinajstić information content (AvgIpc) is 3.13. The third kappa shape index (κ3) is 3.70. The highest BCUT2D eigenvalue weighted by Gasteiger charge is 2.16. The Morgan fingerprint density at radius 1 is 1.38 bits per heavy atom. The van der Waals surface area contributed by atoms with Gasteiger partial charge < -0.3 is 10.1 Å². The number of hydrogen-bond donors (Lipinski definition) is 1. The first-order chi connectivity index (χ1) is 10.2. The first-order valence-electron chi connectivity index (χ1n) is 7.03. The maximum absolute atomic E-state index is 6.17. The molecule has 4 nitrogen and oxygen atoms in total. The van der Waals surface area contributed by atoms with Crippen molar-refractivity contribution in [1.29, 1.82) is 0 Å². The Morgan fingerprint density at radius 3 is 3.10 bits per heavy atom. The van der Waals surface area contributed by atoms with Crippen LogP contribution >= 0.6 is 23.2 Å². The Morgan fingerprint density at radius 2 is 2.29 bits per heavy atom. The summed E-state index contributed by atoms with van der Waals surface area (Å²) in [6.45, 7) is 2.29. The average molecular weight is 326 g/mol. The number of halogens is 2. The number of rotatable bonds is 5. The number of ether oxygens (including phenoxy) is 1. The quantitative estimate of drug-likeness (QED) is 0.903. The monoisotopic (exact) mass is 325 g/mol. The predicted molar refractivity (Wildman–Crippen MR) is 85.0 cm³/mol. The second kappa shape index (κ2) is 6.69. The smallest absolute Gasteiger partial charge is 0.0771 e. The topological polar surface area (TPSA) is 39.1 Å². The van der Waals surface area contributed by atoms with E-state index in [0.717, 1.165) is 37.2 Å². The Hall–Kier alpha value is -1.23. The van der Waals surface area contributed by atoms with Gasteiger partial charge in [0.05, 0.1) is 34.6 Å². The lowest BCUT2D eigenvalue weighted by Gasteiger charge is -2.09. The van der Waals surface area contributed by atoms with E-state index in [4.69, 9.17) is 27.9 Å². The van der Waals surface area contributed by atoms with Crippen LogP contribution in [-0.2, 0) is 17.8 Å². The molecule has 2 heterocycles. The Bertz CT molecular complexity index is 609. The van der Waals surface area contributed by atoms with E-state index in [1.54, 1.807) is 6.07 Å². The molecule has 2 aromatic rings. The fourth-order valence-corrected chi connectivity index (χ4v) is 2.82. The van der Waals surface area contributed by atoms with Gasteiger partial charge in [0, 0.05) is 19.3 Å². The van der Waals surface area contributed by atoms with Crippen LogP contribution in [0.15, 0.2) is 30.6 Å². The van der Waals surface area contributed by atoms with Gasteiger partial charge in [-0.25, -0.2) is 0 Å². The Labute approximate surface area is 134 Å². The van der Waals surface area contributed by atoms with Gasteiger partial charge in [-0.3, -0.25) is 4.68 Å². The first kappa shape index (κ1) is 14.7. The van der Waals surface area contributed by atoms with E-state index in [-0.39, 0.29) is 0 Å². The molecule has 0 aliphatic carbocycles. The number of nitrogens with one attached hydrogen (secondary N) is 1. The second-order valence-corrected chi connectivity index (χ2v) is 5.94. The van der Waals surface area contributed by atoms with Crippen LogP contribution in [0.4, 0.5) is 5.69 Å². The van der Waals surface area contributed by atoms with Crippen molar-refractivity contribution in [2.75, 3.05) is 11.9 Å². The standard InChI is InChI=1S/C15H17Cl2N3O/c16-14-5-1-3-11(15(14)17)7-18-12-8-19-20(9-12)10-13-4-2-6-21-13/h1,3,5,8-9,13,18H,2,4,6-7,10H2. The van der Waals surface area contributed by atoms with E-state index in [1.165, 1.54) is 0 Å². The van der Waals surface area contributed by atoms with Crippen molar-refractivity contribution in [2.45, 2.75) is 32.0 Å². The molecule has 0 bridgehead atoms. The van der Waals surface area contributed by atoms with Crippen molar-refractivity contribution in [2.24, 2.45) is 0 Å². The van der Waals surface area contributed by atoms with Crippen LogP contribution in [0.1, 0.15) is 18.4 Å². The molecule has 112 valence electrons. The molecule has 1 saturated heterocycles. The van der Waals surface area contributed by atoms with E-state index in [2.05, 4.69) is 10.4 Å². The predicted octanol–water partition coefficient (Wildman–Crippen LogP) is 3.98. The molecular weight excluding hydrogens is 309 g/mol. The van der Waals surface area contributed by atoms with E-state index in [0.29, 0.717) is 22.7 Å². The molecule has 6 heteroatoms. The van der Waals surface area contributed by atoms with Crippen molar-refractivity contribution in [1.82, 2.24) is 9.78 Å². The largest absolute Gasteiger partial charge is 0.378 e. The van der Waals surface area contributed by atoms with Crippen LogP contribution in [0.2, 0.25) is 10.0 Å². The summed E-state index contributed by atoms with van der Waals surface area (Å²) in [6, 6.07) is 5.64. The van der Waals surface area contributed by atoms with Crippen LogP contribution in [0.25, 0.3) is 0 Å². The van der Waals surface area contributed by atoms with E-state index in [9.17, 15) is 0 Å². The Balaban J connectivity index is 1.58. The zero-order chi connectivity index (χ0) is 14.7. The third-order valence-electron chi connectivity index (χ3n) is 3.56. The summed E-state index contributed by atoms with van der Waals surface area (Å²) >= 11 is 12.2. The lowest BCUT2D eigenvalue weighted by Crippen LogP contribution is -2.15. The highest BCUT2D eigenvalue weighted by molar-refractivity contribution is 6.42. The van der Waals surface area contributed by atoms with E-state index < -0.39 is 0 Å². The molecule has 1 N–H and O–H groups in total. The number of hydrogen-bond acceptors (Lipinski definition) is 3. The molecule has 1 fully saturated rings. The fraction of sp³-hybridized carbons (Fsp3) is 0.400. The minimum absolute atomic E-state index is 0.292. The highest BCUT2D eigenvalue weighted by Crippen LogP contribution is 2.26. The molecule has 1 aromatic heterocycles. The summed E-state index contributed by atoms with van der Waals surface area (Å²) in [4.78, 5) is 0. The molecule has 1 aromatic carbocycles. The van der Waals surface area contributed by atoms with Gasteiger partial charge in [0.15, 0.2) is 0 Å². The summed E-state index contributed by atoms with van der Waals surface area (Å²) in [7, 11) is 0. The first-order valence-corrected chi connectivity index (χ1v) is 7.79. The minimum atomic E-state index is 0.292. The summed E-state index contributed by atoms with van der Waals surface area (Å²) in [6.07, 6.45) is 6.35. The van der Waals surface area contributed by atoms with Gasteiger partial charge in [-0.2, -0.15) is 5.10 Å². The molecule has 1 aliphatic rings. The number of anilines is 1. The van der Waals surface area contributed by atoms with Gasteiger partial charge in [-0.1, -0.05) is 35.3 Å². The second-order valence-electron chi connectivity index (χ2n) is 5.15. The van der Waals surface area contributed by atoms with Gasteiger partial charge in [0.2, 0.25) is 0 Å². The van der Waals surface area contributed by atoms with Gasteiger partial charge >= 0.3 is 0 Å². The van der Waals surface area contributed by atoms with Crippen molar-refractivity contribution in [3.63, 3.8) is 0 Å². The molecule has 0 spiro atoms. The summed E-state index contributed by atoms with van der Waals surface area (Å²) in [5.74, 6) is 0. The SMILES string of the molecule is Clc1cccc(CNc2cnn(CC3CCCO3)c2)c1Cl. The van der Waals surface area contributed by atoms with Crippen LogP contribution < -0.4 is 5.32 Å². The maximum Gasteiger partial charge on any atom is 0.0771 e. The van der Waals surface area contributed by atoms with Crippen LogP contribution in [0, 0.1) is 0 Å². The van der Waals surface area contributed by atoms with Crippen molar-refractivity contribution >= 4 is 28.9 Å². The highest BCUT2D eigenvalue weighted by atomic mass is 35.5. The lowest BCUT2D eigenvalue weighted by molar-refractivity contribution is 0.0940. The molecule has 1 atom stereocenters. The van der Waals surface area contributed by atoms with Crippen molar-refractivity contribution < 1.29 is 4.74 Å². The van der Waals surface area contributed by atoms with Crippen molar-refractivity contribution in [3.05, 3.63) is 46.2 Å². The molecule has 0 saturated carbocycles.